The zero-order valence-corrected chi connectivity index (χ0v) is 14.4. The summed E-state index contributed by atoms with van der Waals surface area (Å²) in [6, 6.07) is 6.71. The van der Waals surface area contributed by atoms with E-state index in [1.165, 1.54) is 6.07 Å². The summed E-state index contributed by atoms with van der Waals surface area (Å²) in [6.45, 7) is 1.73. The fourth-order valence-corrected chi connectivity index (χ4v) is 2.97. The van der Waals surface area contributed by atoms with E-state index in [-0.39, 0.29) is 17.2 Å². The molecule has 0 saturated carbocycles. The molecule has 25 heavy (non-hydrogen) atoms. The fourth-order valence-electron chi connectivity index (χ4n) is 2.31. The Kier molecular flexibility index (Phi) is 5.69. The molecule has 1 aromatic carbocycles. The van der Waals surface area contributed by atoms with Gasteiger partial charge in [-0.05, 0) is 40.9 Å². The topological polar surface area (TPSA) is 76.4 Å². The van der Waals surface area contributed by atoms with Gasteiger partial charge in [0.1, 0.15) is 18.1 Å². The minimum absolute atomic E-state index is 0.0880. The van der Waals surface area contributed by atoms with Gasteiger partial charge in [-0.15, -0.1) is 0 Å². The third kappa shape index (κ3) is 4.84. The van der Waals surface area contributed by atoms with Crippen LogP contribution in [-0.2, 0) is 13.2 Å². The summed E-state index contributed by atoms with van der Waals surface area (Å²) in [6.07, 6.45) is 6.12. The number of amides is 1. The summed E-state index contributed by atoms with van der Waals surface area (Å²) in [5.41, 5.74) is 1.31. The van der Waals surface area contributed by atoms with Gasteiger partial charge in [-0.2, -0.15) is 11.3 Å². The summed E-state index contributed by atoms with van der Waals surface area (Å²) in [7, 11) is 0. The lowest BCUT2D eigenvalue weighted by molar-refractivity contribution is 0.0950. The smallest absolute Gasteiger partial charge is 0.255 e. The molecule has 2 N–H and O–H groups in total. The van der Waals surface area contributed by atoms with E-state index < -0.39 is 0 Å². The minimum atomic E-state index is -0.299. The van der Waals surface area contributed by atoms with Crippen LogP contribution in [0.3, 0.4) is 0 Å². The number of imidazole rings is 1. The maximum Gasteiger partial charge on any atom is 0.255 e. The predicted octanol–water partition coefficient (Wildman–Crippen LogP) is 3.05. The molecule has 2 aromatic heterocycles. The molecule has 6 nitrogen and oxygen atoms in total. The number of phenols is 1. The van der Waals surface area contributed by atoms with Gasteiger partial charge in [0, 0.05) is 31.5 Å². The average Bonchev–Trinajstić information content (AvgIpc) is 3.30. The van der Waals surface area contributed by atoms with Crippen molar-refractivity contribution < 1.29 is 14.6 Å². The molecule has 1 amide bonds. The van der Waals surface area contributed by atoms with E-state index in [9.17, 15) is 9.90 Å². The van der Waals surface area contributed by atoms with E-state index in [4.69, 9.17) is 4.74 Å². The predicted molar refractivity (Wildman–Crippen MR) is 95.9 cm³/mol. The fraction of sp³-hybridized carbons (Fsp3) is 0.222. The van der Waals surface area contributed by atoms with Gasteiger partial charge in [0.05, 0.1) is 11.9 Å². The van der Waals surface area contributed by atoms with Gasteiger partial charge in [0.15, 0.2) is 0 Å². The maximum atomic E-state index is 12.2. The van der Waals surface area contributed by atoms with Crippen molar-refractivity contribution in [3.8, 4) is 11.5 Å². The van der Waals surface area contributed by atoms with Crippen molar-refractivity contribution in [1.82, 2.24) is 14.9 Å². The van der Waals surface area contributed by atoms with Crippen LogP contribution >= 0.6 is 11.3 Å². The van der Waals surface area contributed by atoms with Crippen LogP contribution in [0.1, 0.15) is 22.3 Å². The molecule has 0 fully saturated rings. The Morgan fingerprint density at radius 2 is 2.28 bits per heavy atom. The zero-order valence-electron chi connectivity index (χ0n) is 13.6. The van der Waals surface area contributed by atoms with Crippen molar-refractivity contribution in [2.24, 2.45) is 0 Å². The quantitative estimate of drug-likeness (QED) is 0.608. The summed E-state index contributed by atoms with van der Waals surface area (Å²) >= 11 is 1.61. The number of carbonyl (C=O) groups is 1. The van der Waals surface area contributed by atoms with E-state index in [1.807, 2.05) is 27.6 Å². The van der Waals surface area contributed by atoms with Gasteiger partial charge in [-0.1, -0.05) is 0 Å². The number of hydrogen-bond donors (Lipinski definition) is 2. The van der Waals surface area contributed by atoms with E-state index in [0.717, 1.165) is 18.5 Å². The molecule has 0 aliphatic heterocycles. The second-order valence-electron chi connectivity index (χ2n) is 5.51. The molecule has 3 aromatic rings. The molecular formula is C18H19N3O3S. The van der Waals surface area contributed by atoms with Crippen molar-refractivity contribution in [3.05, 3.63) is 64.9 Å². The number of thiophene rings is 1. The summed E-state index contributed by atoms with van der Waals surface area (Å²) in [5, 5.41) is 16.9. The van der Waals surface area contributed by atoms with Gasteiger partial charge in [0.25, 0.3) is 5.91 Å². The first-order valence-corrected chi connectivity index (χ1v) is 8.87. The van der Waals surface area contributed by atoms with E-state index in [2.05, 4.69) is 10.3 Å². The number of phenolic OH excluding ortho intramolecular Hbond substituents is 1. The molecule has 0 spiro atoms. The number of nitrogens with zero attached hydrogens (tertiary/aromatic N) is 2. The lowest BCUT2D eigenvalue weighted by Crippen LogP contribution is -2.25. The zero-order chi connectivity index (χ0) is 17.5. The maximum absolute atomic E-state index is 12.2. The molecule has 3 rings (SSSR count). The second-order valence-corrected chi connectivity index (χ2v) is 6.29. The standard InChI is InChI=1S/C18H19N3O3S/c22-17-10-15(24-11-14-4-9-25-12-14)2-3-16(17)18(23)20-5-1-7-21-8-6-19-13-21/h2-4,6,8-10,12-13,22H,1,5,7,11H2,(H,20,23). The largest absolute Gasteiger partial charge is 0.507 e. The first kappa shape index (κ1) is 17.0. The van der Waals surface area contributed by atoms with Crippen LogP contribution in [0, 0.1) is 0 Å². The third-order valence-corrected chi connectivity index (χ3v) is 4.37. The van der Waals surface area contributed by atoms with Crippen molar-refractivity contribution >= 4 is 17.2 Å². The first-order chi connectivity index (χ1) is 12.2. The molecular weight excluding hydrogens is 338 g/mol. The van der Waals surface area contributed by atoms with Gasteiger partial charge in [-0.3, -0.25) is 4.79 Å². The van der Waals surface area contributed by atoms with Crippen LogP contribution in [0.15, 0.2) is 53.7 Å². The Morgan fingerprint density at radius 1 is 1.36 bits per heavy atom. The molecule has 0 radical (unpaired) electrons. The number of rotatable bonds is 8. The molecule has 0 aliphatic carbocycles. The third-order valence-electron chi connectivity index (χ3n) is 3.64. The molecule has 0 atom stereocenters. The molecule has 130 valence electrons. The van der Waals surface area contributed by atoms with Crippen LogP contribution < -0.4 is 10.1 Å². The van der Waals surface area contributed by atoms with Crippen LogP contribution in [0.4, 0.5) is 0 Å². The number of ether oxygens (including phenoxy) is 1. The number of aromatic nitrogens is 2. The second kappa shape index (κ2) is 8.34. The van der Waals surface area contributed by atoms with Crippen LogP contribution in [0.25, 0.3) is 0 Å². The highest BCUT2D eigenvalue weighted by atomic mass is 32.1. The number of nitrogens with one attached hydrogen (secondary N) is 1. The van der Waals surface area contributed by atoms with Gasteiger partial charge in [-0.25, -0.2) is 4.98 Å². The molecule has 2 heterocycles. The van der Waals surface area contributed by atoms with E-state index in [1.54, 1.807) is 36.0 Å². The van der Waals surface area contributed by atoms with Crippen LogP contribution in [0.2, 0.25) is 0 Å². The summed E-state index contributed by atoms with van der Waals surface area (Å²) in [5.74, 6) is 0.141. The Bertz CT molecular complexity index is 801. The molecule has 0 aliphatic rings. The normalized spacial score (nSPS) is 10.6. The van der Waals surface area contributed by atoms with Gasteiger partial charge < -0.3 is 19.7 Å². The number of aryl methyl sites for hydroxylation is 1. The Hall–Kier alpha value is -2.80. The van der Waals surface area contributed by atoms with Gasteiger partial charge in [0.2, 0.25) is 0 Å². The van der Waals surface area contributed by atoms with Crippen molar-refractivity contribution in [3.63, 3.8) is 0 Å². The Labute approximate surface area is 149 Å². The highest BCUT2D eigenvalue weighted by molar-refractivity contribution is 7.07. The van der Waals surface area contributed by atoms with Crippen LogP contribution in [0.5, 0.6) is 11.5 Å². The first-order valence-electron chi connectivity index (χ1n) is 7.93. The lowest BCUT2D eigenvalue weighted by Gasteiger charge is -2.10. The van der Waals surface area contributed by atoms with Crippen molar-refractivity contribution in [2.45, 2.75) is 19.6 Å². The number of hydrogen-bond acceptors (Lipinski definition) is 5. The lowest BCUT2D eigenvalue weighted by atomic mass is 10.1. The molecule has 0 bridgehead atoms. The molecule has 7 heteroatoms. The van der Waals surface area contributed by atoms with E-state index >= 15 is 0 Å². The molecule has 0 saturated heterocycles. The Morgan fingerprint density at radius 3 is 3.00 bits per heavy atom. The average molecular weight is 357 g/mol. The van der Waals surface area contributed by atoms with E-state index in [0.29, 0.717) is 18.9 Å². The highest BCUT2D eigenvalue weighted by Gasteiger charge is 2.11. The SMILES string of the molecule is O=C(NCCCn1ccnc1)c1ccc(OCc2ccsc2)cc1O. The van der Waals surface area contributed by atoms with Crippen LogP contribution in [-0.4, -0.2) is 27.1 Å². The van der Waals surface area contributed by atoms with Crippen molar-refractivity contribution in [1.29, 1.82) is 0 Å². The highest BCUT2D eigenvalue weighted by Crippen LogP contribution is 2.24. The minimum Gasteiger partial charge on any atom is -0.507 e. The number of benzene rings is 1. The Balaban J connectivity index is 1.48. The van der Waals surface area contributed by atoms with Crippen molar-refractivity contribution in [2.75, 3.05) is 6.54 Å². The van der Waals surface area contributed by atoms with Gasteiger partial charge >= 0.3 is 0 Å². The molecule has 0 unspecified atom stereocenters. The summed E-state index contributed by atoms with van der Waals surface area (Å²) < 4.78 is 7.56. The monoisotopic (exact) mass is 357 g/mol. The number of carbonyl (C=O) groups excluding carboxylic acids is 1. The summed E-state index contributed by atoms with van der Waals surface area (Å²) in [4.78, 5) is 16.1. The number of aromatic hydroxyl groups is 1.